The largest absolute Gasteiger partial charge is 0.490 e. The molecule has 2 aliphatic rings. The van der Waals surface area contributed by atoms with Crippen LogP contribution < -0.4 is 4.74 Å². The van der Waals surface area contributed by atoms with Crippen LogP contribution in [0, 0.1) is 5.41 Å². The molecule has 1 aliphatic carbocycles. The van der Waals surface area contributed by atoms with Gasteiger partial charge in [0.05, 0.1) is 18.1 Å². The fourth-order valence-electron chi connectivity index (χ4n) is 4.23. The summed E-state index contributed by atoms with van der Waals surface area (Å²) in [7, 11) is 0. The minimum atomic E-state index is -0.636. The van der Waals surface area contributed by atoms with E-state index >= 15 is 0 Å². The Morgan fingerprint density at radius 1 is 1.00 bits per heavy atom. The van der Waals surface area contributed by atoms with Gasteiger partial charge in [0.2, 0.25) is 0 Å². The van der Waals surface area contributed by atoms with E-state index in [1.165, 1.54) is 6.42 Å². The van der Waals surface area contributed by atoms with Crippen LogP contribution in [0.25, 0.3) is 10.8 Å². The zero-order valence-electron chi connectivity index (χ0n) is 18.4. The van der Waals surface area contributed by atoms with Crippen LogP contribution in [0.15, 0.2) is 30.3 Å². The molecule has 0 spiro atoms. The van der Waals surface area contributed by atoms with Gasteiger partial charge >= 0.3 is 5.97 Å². The molecule has 1 saturated carbocycles. The fourth-order valence-corrected chi connectivity index (χ4v) is 4.23. The molecule has 0 saturated heterocycles. The highest BCUT2D eigenvalue weighted by molar-refractivity contribution is 6.26. The van der Waals surface area contributed by atoms with E-state index in [0.717, 1.165) is 41.7 Å². The van der Waals surface area contributed by atoms with E-state index in [4.69, 9.17) is 9.47 Å². The predicted octanol–water partition coefficient (Wildman–Crippen LogP) is 4.74. The molecular weight excluding hydrogens is 394 g/mol. The second-order valence-electron chi connectivity index (χ2n) is 9.37. The first-order valence-corrected chi connectivity index (χ1v) is 11.0. The van der Waals surface area contributed by atoms with Gasteiger partial charge in [0, 0.05) is 21.9 Å². The molecule has 6 heteroatoms. The van der Waals surface area contributed by atoms with Crippen molar-refractivity contribution in [1.29, 1.82) is 0 Å². The number of carbonyl (C=O) groups excluding carboxylic acids is 3. The Kier molecular flexibility index (Phi) is 5.73. The molecule has 4 rings (SSSR count). The number of esters is 1. The highest BCUT2D eigenvalue weighted by atomic mass is 16.5. The Morgan fingerprint density at radius 2 is 1.68 bits per heavy atom. The molecule has 1 fully saturated rings. The first-order chi connectivity index (χ1) is 14.8. The number of imide groups is 1. The topological polar surface area (TPSA) is 72.9 Å². The molecule has 6 nitrogen and oxygen atoms in total. The van der Waals surface area contributed by atoms with Crippen molar-refractivity contribution in [3.8, 4) is 5.75 Å². The van der Waals surface area contributed by atoms with Crippen molar-refractivity contribution in [2.45, 2.75) is 59.0 Å². The molecule has 1 aliphatic heterocycles. The summed E-state index contributed by atoms with van der Waals surface area (Å²) < 4.78 is 11.5. The summed E-state index contributed by atoms with van der Waals surface area (Å²) in [5.41, 5.74) is 0.315. The van der Waals surface area contributed by atoms with Crippen molar-refractivity contribution >= 4 is 28.6 Å². The van der Waals surface area contributed by atoms with E-state index in [2.05, 4.69) is 0 Å². The summed E-state index contributed by atoms with van der Waals surface area (Å²) in [6.45, 7) is 5.28. The van der Waals surface area contributed by atoms with Crippen LogP contribution in [-0.2, 0) is 9.53 Å². The van der Waals surface area contributed by atoms with Crippen LogP contribution in [0.1, 0.15) is 73.6 Å². The molecule has 2 amide bonds. The van der Waals surface area contributed by atoms with Crippen molar-refractivity contribution < 1.29 is 23.9 Å². The van der Waals surface area contributed by atoms with Gasteiger partial charge in [-0.25, -0.2) is 0 Å². The van der Waals surface area contributed by atoms with Gasteiger partial charge in [0.1, 0.15) is 12.4 Å². The standard InChI is InChI=1S/C25H29NO5/c1-25(2,3)24(29)30-15-14-26-22(27)18-11-7-10-17-20(31-16-8-5-4-6-9-16)13-12-19(21(17)18)23(26)28/h7,10-13,16H,4-6,8-9,14-15H2,1-3H3. The zero-order valence-corrected chi connectivity index (χ0v) is 18.4. The van der Waals surface area contributed by atoms with Crippen LogP contribution in [0.5, 0.6) is 5.75 Å². The van der Waals surface area contributed by atoms with Gasteiger partial charge in [-0.1, -0.05) is 18.6 Å². The molecule has 0 atom stereocenters. The lowest BCUT2D eigenvalue weighted by Crippen LogP contribution is -2.42. The van der Waals surface area contributed by atoms with Gasteiger partial charge in [-0.2, -0.15) is 0 Å². The summed E-state index contributed by atoms with van der Waals surface area (Å²) in [6, 6.07) is 9.04. The minimum Gasteiger partial charge on any atom is -0.490 e. The average molecular weight is 424 g/mol. The summed E-state index contributed by atoms with van der Waals surface area (Å²) in [6.07, 6.45) is 5.81. The summed E-state index contributed by atoms with van der Waals surface area (Å²) >= 11 is 0. The van der Waals surface area contributed by atoms with Crippen molar-refractivity contribution in [1.82, 2.24) is 4.90 Å². The highest BCUT2D eigenvalue weighted by Gasteiger charge is 2.34. The van der Waals surface area contributed by atoms with E-state index < -0.39 is 5.41 Å². The molecule has 0 bridgehead atoms. The van der Waals surface area contributed by atoms with Gasteiger partial charge in [0.25, 0.3) is 11.8 Å². The molecular formula is C25H29NO5. The van der Waals surface area contributed by atoms with E-state index in [-0.39, 0.29) is 37.0 Å². The van der Waals surface area contributed by atoms with Crippen LogP contribution in [-0.4, -0.2) is 41.9 Å². The molecule has 164 valence electrons. The van der Waals surface area contributed by atoms with Crippen LogP contribution in [0.4, 0.5) is 0 Å². The molecule has 2 aromatic carbocycles. The van der Waals surface area contributed by atoms with Crippen molar-refractivity contribution in [3.63, 3.8) is 0 Å². The molecule has 0 aromatic heterocycles. The van der Waals surface area contributed by atoms with Gasteiger partial charge < -0.3 is 9.47 Å². The second-order valence-corrected chi connectivity index (χ2v) is 9.37. The van der Waals surface area contributed by atoms with Gasteiger partial charge in [-0.15, -0.1) is 0 Å². The Labute approximate surface area is 182 Å². The predicted molar refractivity (Wildman–Crippen MR) is 117 cm³/mol. The molecule has 1 heterocycles. The van der Waals surface area contributed by atoms with Gasteiger partial charge in [-0.3, -0.25) is 19.3 Å². The third kappa shape index (κ3) is 4.16. The quantitative estimate of drug-likeness (QED) is 0.513. The lowest BCUT2D eigenvalue weighted by atomic mass is 9.93. The zero-order chi connectivity index (χ0) is 22.2. The van der Waals surface area contributed by atoms with E-state index in [9.17, 15) is 14.4 Å². The van der Waals surface area contributed by atoms with E-state index in [1.807, 2.05) is 18.2 Å². The van der Waals surface area contributed by atoms with Crippen LogP contribution in [0.3, 0.4) is 0 Å². The molecule has 0 radical (unpaired) electrons. The van der Waals surface area contributed by atoms with Crippen LogP contribution in [0.2, 0.25) is 0 Å². The summed E-state index contributed by atoms with van der Waals surface area (Å²) in [4.78, 5) is 39.4. The van der Waals surface area contributed by atoms with E-state index in [1.54, 1.807) is 32.9 Å². The van der Waals surface area contributed by atoms with Crippen molar-refractivity contribution in [2.75, 3.05) is 13.2 Å². The van der Waals surface area contributed by atoms with Crippen molar-refractivity contribution in [2.24, 2.45) is 5.41 Å². The number of hydrogen-bond acceptors (Lipinski definition) is 5. The first-order valence-electron chi connectivity index (χ1n) is 11.0. The number of ether oxygens (including phenoxy) is 2. The molecule has 0 N–H and O–H groups in total. The van der Waals surface area contributed by atoms with Crippen LogP contribution >= 0.6 is 0 Å². The smallest absolute Gasteiger partial charge is 0.311 e. The molecule has 2 aromatic rings. The summed E-state index contributed by atoms with van der Waals surface area (Å²) in [5, 5.41) is 1.44. The number of amides is 2. The Balaban J connectivity index is 1.59. The summed E-state index contributed by atoms with van der Waals surface area (Å²) in [5.74, 6) is -0.383. The normalized spacial score (nSPS) is 17.2. The third-order valence-corrected chi connectivity index (χ3v) is 5.96. The molecule has 0 unspecified atom stereocenters. The highest BCUT2D eigenvalue weighted by Crippen LogP contribution is 2.37. The number of nitrogens with zero attached hydrogens (tertiary/aromatic N) is 1. The Morgan fingerprint density at radius 3 is 2.35 bits per heavy atom. The average Bonchev–Trinajstić information content (AvgIpc) is 2.75. The van der Waals surface area contributed by atoms with Gasteiger partial charge in [0.15, 0.2) is 0 Å². The Hall–Kier alpha value is -2.89. The Bertz CT molecular complexity index is 1010. The number of carbonyl (C=O) groups is 3. The maximum Gasteiger partial charge on any atom is 0.311 e. The fraction of sp³-hybridized carbons (Fsp3) is 0.480. The van der Waals surface area contributed by atoms with Gasteiger partial charge in [-0.05, 0) is 64.7 Å². The maximum atomic E-state index is 13.1. The van der Waals surface area contributed by atoms with Crippen molar-refractivity contribution in [3.05, 3.63) is 41.5 Å². The number of hydrogen-bond donors (Lipinski definition) is 0. The lowest BCUT2D eigenvalue weighted by molar-refractivity contribution is -0.153. The maximum absolute atomic E-state index is 13.1. The second kappa shape index (κ2) is 8.33. The third-order valence-electron chi connectivity index (χ3n) is 5.96. The lowest BCUT2D eigenvalue weighted by Gasteiger charge is -2.29. The monoisotopic (exact) mass is 423 g/mol. The molecule has 31 heavy (non-hydrogen) atoms. The number of benzene rings is 2. The minimum absolute atomic E-state index is 0.0235. The SMILES string of the molecule is CC(C)(C)C(=O)OCCN1C(=O)c2cccc3c(OC4CCCCC4)ccc(c23)C1=O. The number of rotatable bonds is 5. The van der Waals surface area contributed by atoms with E-state index in [0.29, 0.717) is 16.5 Å². The first kappa shape index (κ1) is 21.3.